The van der Waals surface area contributed by atoms with Crippen LogP contribution in [0.25, 0.3) is 11.2 Å². The molecule has 2 aromatic heterocycles. The Bertz CT molecular complexity index is 965. The second-order valence-corrected chi connectivity index (χ2v) is 6.32. The van der Waals surface area contributed by atoms with Gasteiger partial charge in [-0.3, -0.25) is 14.3 Å². The minimum atomic E-state index is -4.78. The van der Waals surface area contributed by atoms with Gasteiger partial charge in [-0.05, 0) is 6.42 Å². The Kier molecular flexibility index (Phi) is 4.78. The van der Waals surface area contributed by atoms with Crippen molar-refractivity contribution in [2.75, 3.05) is 5.73 Å². The number of nitrogens with two attached hydrogens (primary N) is 1. The van der Waals surface area contributed by atoms with E-state index in [1.807, 2.05) is 4.98 Å². The molecule has 10 nitrogen and oxygen atoms in total. The minimum Gasteiger partial charge on any atom is -0.390 e. The monoisotopic (exact) mass is 393 g/mol. The molecule has 2 aromatic rings. The summed E-state index contributed by atoms with van der Waals surface area (Å²) in [5.74, 6) is -0.414. The summed E-state index contributed by atoms with van der Waals surface area (Å²) in [4.78, 5) is 30.6. The van der Waals surface area contributed by atoms with Crippen LogP contribution in [-0.2, 0) is 11.3 Å². The number of hydrogen-bond acceptors (Lipinski definition) is 7. The lowest BCUT2D eigenvalue weighted by molar-refractivity contribution is -0.140. The molecule has 1 saturated heterocycles. The van der Waals surface area contributed by atoms with E-state index in [0.29, 0.717) is 11.0 Å². The van der Waals surface area contributed by atoms with Crippen LogP contribution in [0, 0.1) is 0 Å². The van der Waals surface area contributed by atoms with Gasteiger partial charge in [0, 0.05) is 6.42 Å². The molecule has 1 aliphatic rings. The summed E-state index contributed by atoms with van der Waals surface area (Å²) in [5.41, 5.74) is 2.11. The fourth-order valence-corrected chi connectivity index (χ4v) is 3.18. The first kappa shape index (κ1) is 19.4. The van der Waals surface area contributed by atoms with E-state index in [0.717, 1.165) is 0 Å². The van der Waals surface area contributed by atoms with E-state index in [4.69, 9.17) is 10.5 Å². The number of imidazole rings is 1. The first-order chi connectivity index (χ1) is 12.5. The van der Waals surface area contributed by atoms with Gasteiger partial charge in [0.05, 0.1) is 12.2 Å². The number of nitrogen functional groups attached to an aromatic ring is 1. The van der Waals surface area contributed by atoms with Gasteiger partial charge in [0.2, 0.25) is 5.95 Å². The van der Waals surface area contributed by atoms with Crippen molar-refractivity contribution in [3.8, 4) is 0 Å². The van der Waals surface area contributed by atoms with Gasteiger partial charge in [-0.25, -0.2) is 9.36 Å². The highest BCUT2D eigenvalue weighted by Gasteiger charge is 2.41. The van der Waals surface area contributed by atoms with Gasteiger partial charge in [-0.15, -0.1) is 0 Å². The number of anilines is 1. The number of aliphatic hydroxyl groups is 2. The average Bonchev–Trinajstić information content (AvgIpc) is 3.04. The van der Waals surface area contributed by atoms with Crippen molar-refractivity contribution in [1.29, 1.82) is 0 Å². The van der Waals surface area contributed by atoms with Crippen LogP contribution in [0.2, 0.25) is 0 Å². The lowest BCUT2D eigenvalue weighted by Gasteiger charge is -2.18. The standard InChI is InChI=1S/C14H18F3N5O5/c1-2-5(23)7-3-6(24)11(27-7)22-9-8(10(25)20-12(18)19-9)21(13(22)26)4-14(15,16)17/h5-7,11,23-24H,2-4H2,1H3,(H3,18,19,20,25)/t5-,6+,7-,11+/m0/s1. The van der Waals surface area contributed by atoms with Gasteiger partial charge in [0.15, 0.2) is 17.4 Å². The molecular formula is C14H18F3N5O5. The van der Waals surface area contributed by atoms with Gasteiger partial charge in [0.1, 0.15) is 12.6 Å². The number of hydrogen-bond donors (Lipinski definition) is 4. The number of rotatable bonds is 4. The number of alkyl halides is 3. The molecule has 0 aliphatic carbocycles. The Hall–Kier alpha value is -2.38. The minimum absolute atomic E-state index is 0.0449. The van der Waals surface area contributed by atoms with Crippen molar-refractivity contribution < 1.29 is 28.1 Å². The van der Waals surface area contributed by atoms with Crippen molar-refractivity contribution in [1.82, 2.24) is 19.1 Å². The molecule has 1 aliphatic heterocycles. The zero-order chi connectivity index (χ0) is 20.1. The van der Waals surface area contributed by atoms with Crippen molar-refractivity contribution in [3.63, 3.8) is 0 Å². The maximum Gasteiger partial charge on any atom is 0.406 e. The normalized spacial score (nSPS) is 24.6. The number of fused-ring (bicyclic) bond motifs is 1. The summed E-state index contributed by atoms with van der Waals surface area (Å²) in [5, 5.41) is 20.2. The Morgan fingerprint density at radius 1 is 1.44 bits per heavy atom. The van der Waals surface area contributed by atoms with Crippen molar-refractivity contribution >= 4 is 17.1 Å². The summed E-state index contributed by atoms with van der Waals surface area (Å²) in [6.45, 7) is -0.0508. The Morgan fingerprint density at radius 3 is 2.70 bits per heavy atom. The lowest BCUT2D eigenvalue weighted by atomic mass is 10.1. The third kappa shape index (κ3) is 3.44. The van der Waals surface area contributed by atoms with Crippen LogP contribution in [-0.4, -0.2) is 53.8 Å². The van der Waals surface area contributed by atoms with Crippen LogP contribution in [0.1, 0.15) is 26.0 Å². The first-order valence-corrected chi connectivity index (χ1v) is 8.12. The smallest absolute Gasteiger partial charge is 0.390 e. The largest absolute Gasteiger partial charge is 0.406 e. The Labute approximate surface area is 149 Å². The predicted octanol–water partition coefficient (Wildman–Crippen LogP) is -0.550. The van der Waals surface area contributed by atoms with Gasteiger partial charge in [0.25, 0.3) is 5.56 Å². The molecule has 0 aromatic carbocycles. The first-order valence-electron chi connectivity index (χ1n) is 8.12. The number of H-pyrrole nitrogens is 1. The second-order valence-electron chi connectivity index (χ2n) is 6.32. The number of aliphatic hydroxyl groups excluding tert-OH is 2. The van der Waals surface area contributed by atoms with Crippen LogP contribution in [0.15, 0.2) is 9.59 Å². The second kappa shape index (κ2) is 6.65. The van der Waals surface area contributed by atoms with E-state index in [9.17, 15) is 33.0 Å². The van der Waals surface area contributed by atoms with E-state index in [2.05, 4.69) is 4.98 Å². The maximum absolute atomic E-state index is 12.9. The molecule has 0 spiro atoms. The molecule has 4 atom stereocenters. The highest BCUT2D eigenvalue weighted by Crippen LogP contribution is 2.32. The van der Waals surface area contributed by atoms with Gasteiger partial charge in [-0.1, -0.05) is 6.92 Å². The Balaban J connectivity index is 2.20. The number of halogens is 3. The summed E-state index contributed by atoms with van der Waals surface area (Å²) < 4.78 is 45.1. The third-order valence-corrected chi connectivity index (χ3v) is 4.39. The average molecular weight is 393 g/mol. The number of aromatic nitrogens is 4. The highest BCUT2D eigenvalue weighted by molar-refractivity contribution is 5.71. The summed E-state index contributed by atoms with van der Waals surface area (Å²) in [6, 6.07) is 0. The van der Waals surface area contributed by atoms with Crippen molar-refractivity contribution in [2.45, 2.75) is 57.0 Å². The zero-order valence-corrected chi connectivity index (χ0v) is 14.1. The molecule has 0 bridgehead atoms. The molecule has 1 fully saturated rings. The topological polar surface area (TPSA) is 148 Å². The van der Waals surface area contributed by atoms with Crippen LogP contribution >= 0.6 is 0 Å². The van der Waals surface area contributed by atoms with Gasteiger partial charge in [-0.2, -0.15) is 18.2 Å². The number of aromatic amines is 1. The predicted molar refractivity (Wildman–Crippen MR) is 85.9 cm³/mol. The van der Waals surface area contributed by atoms with E-state index in [1.165, 1.54) is 0 Å². The number of nitrogens with zero attached hydrogens (tertiary/aromatic N) is 3. The molecule has 150 valence electrons. The molecule has 13 heteroatoms. The summed E-state index contributed by atoms with van der Waals surface area (Å²) >= 11 is 0. The van der Waals surface area contributed by atoms with Gasteiger partial charge < -0.3 is 20.7 Å². The Morgan fingerprint density at radius 2 is 2.11 bits per heavy atom. The molecule has 3 heterocycles. The fourth-order valence-electron chi connectivity index (χ4n) is 3.18. The van der Waals surface area contributed by atoms with Gasteiger partial charge >= 0.3 is 11.9 Å². The number of nitrogens with one attached hydrogen (secondary N) is 1. The molecule has 0 radical (unpaired) electrons. The quantitative estimate of drug-likeness (QED) is 0.545. The van der Waals surface area contributed by atoms with Crippen molar-refractivity contribution in [2.24, 2.45) is 0 Å². The summed E-state index contributed by atoms with van der Waals surface area (Å²) in [6.07, 6.45) is -9.02. The van der Waals surface area contributed by atoms with Crippen molar-refractivity contribution in [3.05, 3.63) is 20.8 Å². The van der Waals surface area contributed by atoms with E-state index in [-0.39, 0.29) is 11.0 Å². The highest BCUT2D eigenvalue weighted by atomic mass is 19.4. The molecule has 27 heavy (non-hydrogen) atoms. The maximum atomic E-state index is 12.9. The SMILES string of the molecule is CC[C@H](O)[C@@H]1C[C@@H](O)[C@H](n2c(=O)n(CC(F)(F)F)c3c(=O)[nH]c(N)nc32)O1. The van der Waals surface area contributed by atoms with Crippen LogP contribution in [0.5, 0.6) is 0 Å². The molecule has 3 rings (SSSR count). The van der Waals surface area contributed by atoms with E-state index < -0.39 is 65.6 Å². The fraction of sp³-hybridized carbons (Fsp3) is 0.643. The molecular weight excluding hydrogens is 375 g/mol. The van der Waals surface area contributed by atoms with Crippen LogP contribution < -0.4 is 17.0 Å². The van der Waals surface area contributed by atoms with Crippen LogP contribution in [0.3, 0.4) is 0 Å². The molecule has 0 unspecified atom stereocenters. The number of ether oxygens (including phenoxy) is 1. The lowest BCUT2D eigenvalue weighted by Crippen LogP contribution is -2.35. The van der Waals surface area contributed by atoms with E-state index >= 15 is 0 Å². The molecule has 0 saturated carbocycles. The summed E-state index contributed by atoms with van der Waals surface area (Å²) in [7, 11) is 0. The van der Waals surface area contributed by atoms with Crippen LogP contribution in [0.4, 0.5) is 19.1 Å². The zero-order valence-electron chi connectivity index (χ0n) is 14.1. The third-order valence-electron chi connectivity index (χ3n) is 4.39. The molecule has 5 N–H and O–H groups in total. The van der Waals surface area contributed by atoms with E-state index in [1.54, 1.807) is 6.92 Å². The molecule has 0 amide bonds.